The largest absolute Gasteiger partial charge is 0.494 e. The second-order valence-electron chi connectivity index (χ2n) is 10.8. The van der Waals surface area contributed by atoms with Crippen LogP contribution in [0.5, 0.6) is 17.2 Å². The Morgan fingerprint density at radius 3 is 2.26 bits per heavy atom. The average Bonchev–Trinajstić information content (AvgIpc) is 3.57. The summed E-state index contributed by atoms with van der Waals surface area (Å²) in [5.74, 6) is -2.33. The number of carboxylic acid groups (broad SMARTS) is 1. The average molecular weight is 577 g/mol. The lowest BCUT2D eigenvalue weighted by Gasteiger charge is -2.27. The van der Waals surface area contributed by atoms with Crippen LogP contribution in [0.1, 0.15) is 60.5 Å². The molecular formula is C33H37FN2O6. The van der Waals surface area contributed by atoms with E-state index < -0.39 is 29.7 Å². The highest BCUT2D eigenvalue weighted by Crippen LogP contribution is 2.48. The van der Waals surface area contributed by atoms with E-state index in [1.54, 1.807) is 12.1 Å². The fraction of sp³-hybridized carbons (Fsp3) is 0.394. The number of carbonyl (C=O) groups is 2. The minimum absolute atomic E-state index is 0.0230. The zero-order valence-electron chi connectivity index (χ0n) is 24.4. The third-order valence-electron chi connectivity index (χ3n) is 8.13. The van der Waals surface area contributed by atoms with Gasteiger partial charge in [0.2, 0.25) is 12.7 Å². The number of nitrogens with zero attached hydrogens (tertiary/aromatic N) is 1. The monoisotopic (exact) mass is 576 g/mol. The van der Waals surface area contributed by atoms with Crippen LogP contribution in [-0.4, -0.2) is 48.4 Å². The third-order valence-corrected chi connectivity index (χ3v) is 8.13. The predicted molar refractivity (Wildman–Crippen MR) is 157 cm³/mol. The van der Waals surface area contributed by atoms with Crippen molar-refractivity contribution in [3.63, 3.8) is 0 Å². The second kappa shape index (κ2) is 12.4. The summed E-state index contributed by atoms with van der Waals surface area (Å²) in [5, 5.41) is 13.6. The van der Waals surface area contributed by atoms with Gasteiger partial charge in [-0.15, -0.1) is 0 Å². The molecule has 1 unspecified atom stereocenters. The minimum Gasteiger partial charge on any atom is -0.494 e. The summed E-state index contributed by atoms with van der Waals surface area (Å²) in [4.78, 5) is 28.3. The number of aryl methyl sites for hydroxylation is 3. The molecule has 9 heteroatoms. The minimum atomic E-state index is -1.07. The maximum absolute atomic E-state index is 15.4. The summed E-state index contributed by atoms with van der Waals surface area (Å²) >= 11 is 0. The van der Waals surface area contributed by atoms with Gasteiger partial charge >= 0.3 is 5.97 Å². The summed E-state index contributed by atoms with van der Waals surface area (Å²) in [6.45, 7) is 8.60. The van der Waals surface area contributed by atoms with Crippen molar-refractivity contribution in [1.82, 2.24) is 4.90 Å². The number of ether oxygens (including phenoxy) is 3. The maximum Gasteiger partial charge on any atom is 0.309 e. The Kier molecular flexibility index (Phi) is 8.68. The van der Waals surface area contributed by atoms with E-state index in [-0.39, 0.29) is 37.1 Å². The lowest BCUT2D eigenvalue weighted by molar-refractivity contribution is -0.143. The van der Waals surface area contributed by atoms with Crippen LogP contribution in [0.15, 0.2) is 48.5 Å². The van der Waals surface area contributed by atoms with Gasteiger partial charge in [-0.1, -0.05) is 43.7 Å². The number of hydrogen-bond donors (Lipinski definition) is 2. The van der Waals surface area contributed by atoms with E-state index in [0.717, 1.165) is 35.2 Å². The molecule has 0 saturated carbocycles. The first-order valence-electron chi connectivity index (χ1n) is 14.4. The van der Waals surface area contributed by atoms with Crippen LogP contribution in [0, 0.1) is 18.7 Å². The Morgan fingerprint density at radius 2 is 1.67 bits per heavy atom. The first kappa shape index (κ1) is 29.4. The number of amides is 1. The smallest absolute Gasteiger partial charge is 0.309 e. The Balaban J connectivity index is 1.51. The summed E-state index contributed by atoms with van der Waals surface area (Å²) in [6.07, 6.45) is 1.52. The molecule has 0 aliphatic carbocycles. The van der Waals surface area contributed by atoms with Crippen molar-refractivity contribution in [3.05, 3.63) is 82.2 Å². The number of rotatable bonds is 10. The van der Waals surface area contributed by atoms with E-state index in [9.17, 15) is 14.7 Å². The molecule has 2 aliphatic rings. The number of halogens is 1. The summed E-state index contributed by atoms with van der Waals surface area (Å²) in [6, 6.07) is 13.5. The number of likely N-dealkylation sites (tertiary alicyclic amines) is 1. The van der Waals surface area contributed by atoms with E-state index >= 15 is 4.39 Å². The van der Waals surface area contributed by atoms with E-state index in [4.69, 9.17) is 14.2 Å². The zero-order chi connectivity index (χ0) is 30.0. The van der Waals surface area contributed by atoms with Crippen molar-refractivity contribution < 1.29 is 33.3 Å². The molecule has 2 N–H and O–H groups in total. The molecule has 0 bridgehead atoms. The van der Waals surface area contributed by atoms with E-state index in [0.29, 0.717) is 23.7 Å². The molecule has 3 atom stereocenters. The van der Waals surface area contributed by atoms with Crippen molar-refractivity contribution in [3.8, 4) is 17.2 Å². The molecule has 0 radical (unpaired) electrons. The van der Waals surface area contributed by atoms with Gasteiger partial charge in [-0.3, -0.25) is 14.5 Å². The molecule has 1 fully saturated rings. The van der Waals surface area contributed by atoms with Crippen LogP contribution in [-0.2, 0) is 22.4 Å². The summed E-state index contributed by atoms with van der Waals surface area (Å²) in [5.41, 5.74) is 4.98. The Morgan fingerprint density at radius 1 is 1.02 bits per heavy atom. The fourth-order valence-corrected chi connectivity index (χ4v) is 6.28. The number of hydrogen-bond acceptors (Lipinski definition) is 6. The standard InChI is InChI=1S/C33H37FN2O6/c1-5-20-12-19(4)13-21(6-2)31(20)35-29(37)17-36-16-25(24-14-27-28(15-26(24)34)42-18-41-27)30(33(38)39)32(36)22-8-10-23(11-9-22)40-7-3/h8-15,25,30,32H,5-7,16-18H2,1-4H3,(H,35,37)(H,38,39)/t25-,30?,32+/m1/s1. The van der Waals surface area contributed by atoms with Crippen LogP contribution in [0.2, 0.25) is 0 Å². The van der Waals surface area contributed by atoms with Gasteiger partial charge < -0.3 is 24.6 Å². The molecule has 222 valence electrons. The summed E-state index contributed by atoms with van der Waals surface area (Å²) < 4.78 is 31.8. The van der Waals surface area contributed by atoms with Crippen molar-refractivity contribution in [2.45, 2.75) is 52.5 Å². The molecule has 1 amide bonds. The molecule has 3 aromatic rings. The number of carbonyl (C=O) groups excluding carboxylic acids is 1. The number of fused-ring (bicyclic) bond motifs is 1. The van der Waals surface area contributed by atoms with Gasteiger partial charge in [-0.25, -0.2) is 4.39 Å². The molecule has 2 aliphatic heterocycles. The maximum atomic E-state index is 15.4. The van der Waals surface area contributed by atoms with Gasteiger partial charge in [-0.05, 0) is 67.1 Å². The van der Waals surface area contributed by atoms with Crippen LogP contribution < -0.4 is 19.5 Å². The highest BCUT2D eigenvalue weighted by Gasteiger charge is 2.49. The van der Waals surface area contributed by atoms with Crippen LogP contribution >= 0.6 is 0 Å². The normalized spacial score (nSPS) is 19.6. The van der Waals surface area contributed by atoms with Gasteiger partial charge in [-0.2, -0.15) is 0 Å². The first-order valence-corrected chi connectivity index (χ1v) is 14.4. The molecule has 2 heterocycles. The molecule has 3 aromatic carbocycles. The number of aliphatic carboxylic acids is 1. The number of anilines is 1. The van der Waals surface area contributed by atoms with Gasteiger partial charge in [0.1, 0.15) is 11.6 Å². The third kappa shape index (κ3) is 5.79. The quantitative estimate of drug-likeness (QED) is 0.312. The molecule has 5 rings (SSSR count). The van der Waals surface area contributed by atoms with Crippen LogP contribution in [0.25, 0.3) is 0 Å². The number of carboxylic acids is 1. The molecule has 8 nitrogen and oxygen atoms in total. The van der Waals surface area contributed by atoms with Crippen molar-refractivity contribution >= 4 is 17.6 Å². The highest BCUT2D eigenvalue weighted by atomic mass is 19.1. The van der Waals surface area contributed by atoms with Crippen molar-refractivity contribution in [2.75, 3.05) is 31.8 Å². The number of benzene rings is 3. The van der Waals surface area contributed by atoms with Crippen LogP contribution in [0.4, 0.5) is 10.1 Å². The van der Waals surface area contributed by atoms with Crippen molar-refractivity contribution in [1.29, 1.82) is 0 Å². The Hall–Kier alpha value is -4.11. The Labute approximate surface area is 245 Å². The summed E-state index contributed by atoms with van der Waals surface area (Å²) in [7, 11) is 0. The van der Waals surface area contributed by atoms with E-state index in [2.05, 4.69) is 17.4 Å². The second-order valence-corrected chi connectivity index (χ2v) is 10.8. The van der Waals surface area contributed by atoms with Gasteiger partial charge in [0, 0.05) is 30.3 Å². The van der Waals surface area contributed by atoms with E-state index in [1.165, 1.54) is 12.1 Å². The fourth-order valence-electron chi connectivity index (χ4n) is 6.28. The zero-order valence-corrected chi connectivity index (χ0v) is 24.4. The molecule has 1 saturated heterocycles. The molecule has 0 aromatic heterocycles. The topological polar surface area (TPSA) is 97.3 Å². The Bertz CT molecular complexity index is 1450. The first-order chi connectivity index (χ1) is 20.2. The SMILES string of the molecule is CCOc1ccc([C@H]2C(C(=O)O)[C@@H](c3cc4c(cc3F)OCO4)CN2CC(=O)Nc2c(CC)cc(C)cc2CC)cc1. The molecular weight excluding hydrogens is 539 g/mol. The lowest BCUT2D eigenvalue weighted by Crippen LogP contribution is -2.35. The highest BCUT2D eigenvalue weighted by molar-refractivity contribution is 5.94. The number of nitrogens with one attached hydrogen (secondary N) is 1. The van der Waals surface area contributed by atoms with Crippen molar-refractivity contribution in [2.24, 2.45) is 5.92 Å². The molecule has 0 spiro atoms. The van der Waals surface area contributed by atoms with Crippen LogP contribution in [0.3, 0.4) is 0 Å². The van der Waals surface area contributed by atoms with Gasteiger partial charge in [0.25, 0.3) is 0 Å². The molecule has 42 heavy (non-hydrogen) atoms. The lowest BCUT2D eigenvalue weighted by atomic mass is 9.82. The van der Waals surface area contributed by atoms with E-state index in [1.807, 2.05) is 44.7 Å². The predicted octanol–water partition coefficient (Wildman–Crippen LogP) is 5.87. The van der Waals surface area contributed by atoms with Gasteiger partial charge in [0.05, 0.1) is 19.1 Å². The van der Waals surface area contributed by atoms with Gasteiger partial charge in [0.15, 0.2) is 11.5 Å².